The zero-order valence-electron chi connectivity index (χ0n) is 14.2. The van der Waals surface area contributed by atoms with Gasteiger partial charge in [0.15, 0.2) is 6.61 Å². The maximum absolute atomic E-state index is 12.7. The summed E-state index contributed by atoms with van der Waals surface area (Å²) in [5.41, 5.74) is 2.20. The molecular formula is C21H14N2O3S. The molecule has 27 heavy (non-hydrogen) atoms. The first-order valence-corrected chi connectivity index (χ1v) is 9.14. The Balaban J connectivity index is 1.64. The van der Waals surface area contributed by atoms with Crippen molar-refractivity contribution in [1.82, 2.24) is 9.97 Å². The minimum absolute atomic E-state index is 0.298. The highest BCUT2D eigenvalue weighted by molar-refractivity contribution is 7.13. The van der Waals surface area contributed by atoms with Crippen molar-refractivity contribution < 1.29 is 14.3 Å². The monoisotopic (exact) mass is 374 g/mol. The van der Waals surface area contributed by atoms with Gasteiger partial charge in [-0.25, -0.2) is 9.78 Å². The van der Waals surface area contributed by atoms with Crippen LogP contribution in [-0.4, -0.2) is 28.3 Å². The minimum atomic E-state index is -0.552. The predicted molar refractivity (Wildman–Crippen MR) is 104 cm³/mol. The number of esters is 1. The van der Waals surface area contributed by atoms with E-state index in [1.165, 1.54) is 6.20 Å². The fraction of sp³-hybridized carbons (Fsp3) is 0.0476. The molecule has 4 rings (SSSR count). The quantitative estimate of drug-likeness (QED) is 0.383. The number of aromatic nitrogens is 2. The van der Waals surface area contributed by atoms with Gasteiger partial charge in [0, 0.05) is 23.3 Å². The number of para-hydroxylation sites is 1. The highest BCUT2D eigenvalue weighted by Gasteiger charge is 2.17. The van der Waals surface area contributed by atoms with Gasteiger partial charge in [0.25, 0.3) is 0 Å². The van der Waals surface area contributed by atoms with Crippen LogP contribution in [0.2, 0.25) is 0 Å². The number of hydrogen-bond acceptors (Lipinski definition) is 6. The van der Waals surface area contributed by atoms with E-state index < -0.39 is 5.97 Å². The van der Waals surface area contributed by atoms with Crippen molar-refractivity contribution in [2.75, 3.05) is 6.61 Å². The number of rotatable bonds is 5. The second-order valence-electron chi connectivity index (χ2n) is 5.79. The van der Waals surface area contributed by atoms with Gasteiger partial charge >= 0.3 is 5.97 Å². The van der Waals surface area contributed by atoms with Gasteiger partial charge in [-0.05, 0) is 35.7 Å². The van der Waals surface area contributed by atoms with Crippen LogP contribution in [0.4, 0.5) is 0 Å². The van der Waals surface area contributed by atoms with E-state index in [1.54, 1.807) is 35.7 Å². The molecule has 0 radical (unpaired) electrons. The number of pyridine rings is 2. The second kappa shape index (κ2) is 7.47. The Bertz CT molecular complexity index is 1110. The van der Waals surface area contributed by atoms with Crippen molar-refractivity contribution in [3.63, 3.8) is 0 Å². The molecule has 5 nitrogen and oxygen atoms in total. The van der Waals surface area contributed by atoms with Crippen molar-refractivity contribution in [2.24, 2.45) is 0 Å². The molecule has 0 spiro atoms. The Morgan fingerprint density at radius 2 is 1.93 bits per heavy atom. The van der Waals surface area contributed by atoms with E-state index in [1.807, 2.05) is 41.8 Å². The topological polar surface area (TPSA) is 69.2 Å². The van der Waals surface area contributed by atoms with Gasteiger partial charge in [-0.15, -0.1) is 11.3 Å². The van der Waals surface area contributed by atoms with Gasteiger partial charge in [-0.1, -0.05) is 24.3 Å². The molecular weight excluding hydrogens is 360 g/mol. The van der Waals surface area contributed by atoms with Crippen molar-refractivity contribution in [2.45, 2.75) is 0 Å². The van der Waals surface area contributed by atoms with Gasteiger partial charge in [0.2, 0.25) is 5.78 Å². The van der Waals surface area contributed by atoms with E-state index in [4.69, 9.17) is 4.74 Å². The highest BCUT2D eigenvalue weighted by Crippen LogP contribution is 2.28. The Morgan fingerprint density at radius 3 is 2.70 bits per heavy atom. The summed E-state index contributed by atoms with van der Waals surface area (Å²) in [6.07, 6.45) is 3.03. The average Bonchev–Trinajstić information content (AvgIpc) is 3.26. The largest absolute Gasteiger partial charge is 0.454 e. The lowest BCUT2D eigenvalue weighted by Crippen LogP contribution is -2.15. The summed E-state index contributed by atoms with van der Waals surface area (Å²) in [7, 11) is 0. The third-order valence-corrected chi connectivity index (χ3v) is 4.92. The maximum Gasteiger partial charge on any atom is 0.339 e. The van der Waals surface area contributed by atoms with Crippen molar-refractivity contribution in [3.8, 4) is 10.6 Å². The smallest absolute Gasteiger partial charge is 0.339 e. The third-order valence-electron chi connectivity index (χ3n) is 4.03. The first-order valence-electron chi connectivity index (χ1n) is 8.26. The first-order chi connectivity index (χ1) is 13.2. The lowest BCUT2D eigenvalue weighted by atomic mass is 10.1. The lowest BCUT2D eigenvalue weighted by Gasteiger charge is -2.09. The minimum Gasteiger partial charge on any atom is -0.454 e. The average molecular weight is 374 g/mol. The van der Waals surface area contributed by atoms with E-state index in [0.717, 1.165) is 4.88 Å². The Kier molecular flexibility index (Phi) is 4.72. The number of ether oxygens (including phenoxy) is 1. The number of Topliss-reactive ketones (excluding diaryl/α,β-unsaturated/α-hetero) is 1. The van der Waals surface area contributed by atoms with Gasteiger partial charge in [-0.3, -0.25) is 9.78 Å². The van der Waals surface area contributed by atoms with Crippen molar-refractivity contribution in [3.05, 3.63) is 83.5 Å². The number of nitrogens with zero attached hydrogens (tertiary/aromatic N) is 2. The molecule has 0 amide bonds. The number of carbonyl (C=O) groups excluding carboxylic acids is 2. The highest BCUT2D eigenvalue weighted by atomic mass is 32.1. The molecule has 0 saturated carbocycles. The lowest BCUT2D eigenvalue weighted by molar-refractivity contribution is 0.0476. The molecule has 0 aliphatic heterocycles. The van der Waals surface area contributed by atoms with Crippen LogP contribution < -0.4 is 0 Å². The fourth-order valence-electron chi connectivity index (χ4n) is 2.71. The molecule has 6 heteroatoms. The van der Waals surface area contributed by atoms with Crippen molar-refractivity contribution in [1.29, 1.82) is 0 Å². The molecule has 132 valence electrons. The summed E-state index contributed by atoms with van der Waals surface area (Å²) in [6.45, 7) is -0.338. The normalized spacial score (nSPS) is 10.7. The zero-order valence-corrected chi connectivity index (χ0v) is 15.0. The van der Waals surface area contributed by atoms with E-state index >= 15 is 0 Å². The molecule has 0 atom stereocenters. The maximum atomic E-state index is 12.7. The number of carbonyl (C=O) groups is 2. The number of ketones is 1. The number of hydrogen-bond donors (Lipinski definition) is 0. The van der Waals surface area contributed by atoms with Gasteiger partial charge in [0.05, 0.1) is 21.7 Å². The van der Waals surface area contributed by atoms with Crippen LogP contribution in [0, 0.1) is 0 Å². The van der Waals surface area contributed by atoms with Crippen LogP contribution in [0.5, 0.6) is 0 Å². The van der Waals surface area contributed by atoms with Crippen LogP contribution in [0.3, 0.4) is 0 Å². The first kappa shape index (κ1) is 17.1. The van der Waals surface area contributed by atoms with Crippen molar-refractivity contribution >= 4 is 34.0 Å². The molecule has 0 N–H and O–H groups in total. The van der Waals surface area contributed by atoms with E-state index in [2.05, 4.69) is 9.97 Å². The van der Waals surface area contributed by atoms with E-state index in [9.17, 15) is 9.59 Å². The Labute approximate surface area is 159 Å². The van der Waals surface area contributed by atoms with Crippen LogP contribution in [0.1, 0.15) is 20.7 Å². The van der Waals surface area contributed by atoms with Gasteiger partial charge in [-0.2, -0.15) is 0 Å². The molecule has 3 heterocycles. The molecule has 3 aromatic heterocycles. The molecule has 1 aromatic carbocycles. The molecule has 4 aromatic rings. The van der Waals surface area contributed by atoms with E-state index in [0.29, 0.717) is 27.7 Å². The summed E-state index contributed by atoms with van der Waals surface area (Å²) in [6, 6.07) is 16.3. The number of thiophene rings is 1. The molecule has 0 aliphatic carbocycles. The molecule has 0 aliphatic rings. The Morgan fingerprint density at radius 1 is 1.04 bits per heavy atom. The summed E-state index contributed by atoms with van der Waals surface area (Å²) < 4.78 is 5.28. The predicted octanol–water partition coefficient (Wildman–Crippen LogP) is 4.40. The van der Waals surface area contributed by atoms with Crippen LogP contribution in [0.25, 0.3) is 21.5 Å². The number of benzene rings is 1. The molecule has 0 saturated heterocycles. The third kappa shape index (κ3) is 3.61. The molecule has 0 unspecified atom stereocenters. The zero-order chi connectivity index (χ0) is 18.6. The number of fused-ring (bicyclic) bond motifs is 1. The van der Waals surface area contributed by atoms with Gasteiger partial charge < -0.3 is 4.74 Å². The summed E-state index contributed by atoms with van der Waals surface area (Å²) in [4.78, 5) is 34.4. The fourth-order valence-corrected chi connectivity index (χ4v) is 3.40. The van der Waals surface area contributed by atoms with E-state index in [-0.39, 0.29) is 12.4 Å². The summed E-state index contributed by atoms with van der Waals surface area (Å²) >= 11 is 1.54. The van der Waals surface area contributed by atoms with Crippen LogP contribution in [-0.2, 0) is 4.74 Å². The van der Waals surface area contributed by atoms with Crippen LogP contribution >= 0.6 is 11.3 Å². The summed E-state index contributed by atoms with van der Waals surface area (Å²) in [5.74, 6) is -0.850. The Hall–Kier alpha value is -3.38. The van der Waals surface area contributed by atoms with Crippen LogP contribution in [0.15, 0.2) is 72.4 Å². The second-order valence-corrected chi connectivity index (χ2v) is 6.74. The standard InChI is InChI=1S/C21H14N2O3S/c24-19(14-5-3-9-22-12-14)13-26-21(25)16-11-18(20-8-4-10-27-20)23-17-7-2-1-6-15(16)17/h1-12H,13H2. The summed E-state index contributed by atoms with van der Waals surface area (Å²) in [5, 5.41) is 2.65. The SMILES string of the molecule is O=C(COC(=O)c1cc(-c2cccs2)nc2ccccc12)c1cccnc1. The molecule has 0 fully saturated rings. The van der Waals surface area contributed by atoms with Gasteiger partial charge in [0.1, 0.15) is 0 Å². The molecule has 0 bridgehead atoms.